The number of anilines is 2. The van der Waals surface area contributed by atoms with Gasteiger partial charge in [-0.2, -0.15) is 5.10 Å². The van der Waals surface area contributed by atoms with E-state index in [4.69, 9.17) is 0 Å². The van der Waals surface area contributed by atoms with Gasteiger partial charge >= 0.3 is 0 Å². The average molecular weight is 348 g/mol. The minimum absolute atomic E-state index is 0.0965. The largest absolute Gasteiger partial charge is 0.378 e. The lowest BCUT2D eigenvalue weighted by Gasteiger charge is -2.12. The van der Waals surface area contributed by atoms with Crippen LogP contribution in [0.5, 0.6) is 0 Å². The molecule has 2 aromatic carbocycles. The fourth-order valence-electron chi connectivity index (χ4n) is 3.65. The van der Waals surface area contributed by atoms with Crippen LogP contribution in [0.3, 0.4) is 0 Å². The molecule has 0 saturated heterocycles. The van der Waals surface area contributed by atoms with Crippen LogP contribution in [-0.2, 0) is 4.79 Å². The van der Waals surface area contributed by atoms with E-state index >= 15 is 0 Å². The van der Waals surface area contributed by atoms with E-state index in [0.29, 0.717) is 5.82 Å². The van der Waals surface area contributed by atoms with Gasteiger partial charge in [0.2, 0.25) is 5.91 Å². The van der Waals surface area contributed by atoms with Gasteiger partial charge in [-0.1, -0.05) is 31.0 Å². The Labute approximate surface area is 153 Å². The van der Waals surface area contributed by atoms with Gasteiger partial charge in [0.05, 0.1) is 5.52 Å². The molecule has 1 aromatic heterocycles. The zero-order valence-electron chi connectivity index (χ0n) is 15.2. The van der Waals surface area contributed by atoms with Crippen molar-refractivity contribution in [1.82, 2.24) is 10.2 Å². The molecule has 134 valence electrons. The number of aromatic amines is 1. The molecular formula is C21H24N4O. The maximum atomic E-state index is 12.4. The van der Waals surface area contributed by atoms with Gasteiger partial charge in [0.15, 0.2) is 5.82 Å². The summed E-state index contributed by atoms with van der Waals surface area (Å²) in [5.41, 5.74) is 4.39. The van der Waals surface area contributed by atoms with Crippen LogP contribution >= 0.6 is 0 Å². The quantitative estimate of drug-likeness (QED) is 0.733. The summed E-state index contributed by atoms with van der Waals surface area (Å²) >= 11 is 0. The number of nitrogens with zero attached hydrogens (tertiary/aromatic N) is 2. The van der Waals surface area contributed by atoms with Gasteiger partial charge in [-0.3, -0.25) is 9.89 Å². The SMILES string of the molecule is CN(C)c1ccc(-c2ccc3c(NC(=O)C4CCCC4)n[nH]c3c2)cc1. The van der Waals surface area contributed by atoms with E-state index in [1.807, 2.05) is 20.2 Å². The first-order valence-electron chi connectivity index (χ1n) is 9.18. The molecule has 5 heteroatoms. The van der Waals surface area contributed by atoms with Crippen LogP contribution < -0.4 is 10.2 Å². The molecular weight excluding hydrogens is 324 g/mol. The number of nitrogens with one attached hydrogen (secondary N) is 2. The van der Waals surface area contributed by atoms with E-state index in [9.17, 15) is 4.79 Å². The van der Waals surface area contributed by atoms with Gasteiger partial charge in [-0.25, -0.2) is 0 Å². The lowest BCUT2D eigenvalue weighted by molar-refractivity contribution is -0.119. The highest BCUT2D eigenvalue weighted by molar-refractivity contribution is 6.01. The first kappa shape index (κ1) is 16.6. The van der Waals surface area contributed by atoms with Gasteiger partial charge in [0.1, 0.15) is 0 Å². The maximum absolute atomic E-state index is 12.4. The standard InChI is InChI=1S/C21H24N4O/c1-25(2)17-10-7-14(8-11-17)16-9-12-18-19(13-16)23-24-20(18)22-21(26)15-5-3-4-6-15/h7-13,15H,3-6H2,1-2H3,(H2,22,23,24,26). The van der Waals surface area contributed by atoms with Gasteiger partial charge in [-0.05, 0) is 48.2 Å². The predicted molar refractivity (Wildman–Crippen MR) is 106 cm³/mol. The van der Waals surface area contributed by atoms with Crippen molar-refractivity contribution in [3.63, 3.8) is 0 Å². The summed E-state index contributed by atoms with van der Waals surface area (Å²) in [6.45, 7) is 0. The van der Waals surface area contributed by atoms with Crippen molar-refractivity contribution in [3.05, 3.63) is 42.5 Å². The number of hydrogen-bond acceptors (Lipinski definition) is 3. The third-order valence-corrected chi connectivity index (χ3v) is 5.25. The molecule has 1 fully saturated rings. The van der Waals surface area contributed by atoms with Crippen molar-refractivity contribution >= 4 is 28.3 Å². The highest BCUT2D eigenvalue weighted by Gasteiger charge is 2.23. The highest BCUT2D eigenvalue weighted by atomic mass is 16.2. The van der Waals surface area contributed by atoms with Crippen LogP contribution in [0, 0.1) is 5.92 Å². The molecule has 1 aliphatic carbocycles. The number of benzene rings is 2. The fourth-order valence-corrected chi connectivity index (χ4v) is 3.65. The Morgan fingerprint density at radius 1 is 1.08 bits per heavy atom. The minimum atomic E-state index is 0.0965. The molecule has 0 bridgehead atoms. The minimum Gasteiger partial charge on any atom is -0.378 e. The van der Waals surface area contributed by atoms with Gasteiger partial charge in [0.25, 0.3) is 0 Å². The van der Waals surface area contributed by atoms with Crippen LogP contribution in [0.25, 0.3) is 22.0 Å². The van der Waals surface area contributed by atoms with E-state index in [-0.39, 0.29) is 11.8 Å². The summed E-state index contributed by atoms with van der Waals surface area (Å²) < 4.78 is 0. The Hall–Kier alpha value is -2.82. The molecule has 0 aliphatic heterocycles. The van der Waals surface area contributed by atoms with Crippen molar-refractivity contribution < 1.29 is 4.79 Å². The second-order valence-electron chi connectivity index (χ2n) is 7.24. The predicted octanol–water partition coefficient (Wildman–Crippen LogP) is 4.42. The Kier molecular flexibility index (Phi) is 4.37. The smallest absolute Gasteiger partial charge is 0.228 e. The summed E-state index contributed by atoms with van der Waals surface area (Å²) in [4.78, 5) is 14.4. The van der Waals surface area contributed by atoms with E-state index in [0.717, 1.165) is 47.7 Å². The third-order valence-electron chi connectivity index (χ3n) is 5.25. The van der Waals surface area contributed by atoms with Crippen LogP contribution in [0.2, 0.25) is 0 Å². The summed E-state index contributed by atoms with van der Waals surface area (Å²) in [5.74, 6) is 0.863. The number of carbonyl (C=O) groups is 1. The van der Waals surface area contributed by atoms with Crippen LogP contribution in [0.4, 0.5) is 11.5 Å². The molecule has 1 heterocycles. The number of rotatable bonds is 4. The summed E-state index contributed by atoms with van der Waals surface area (Å²) in [6, 6.07) is 14.6. The Morgan fingerprint density at radius 3 is 2.46 bits per heavy atom. The fraction of sp³-hybridized carbons (Fsp3) is 0.333. The van der Waals surface area contributed by atoms with Crippen LogP contribution in [0.1, 0.15) is 25.7 Å². The number of aromatic nitrogens is 2. The molecule has 0 spiro atoms. The van der Waals surface area contributed by atoms with E-state index in [1.165, 1.54) is 5.69 Å². The van der Waals surface area contributed by atoms with E-state index in [1.54, 1.807) is 0 Å². The van der Waals surface area contributed by atoms with Gasteiger partial charge in [0, 0.05) is 31.1 Å². The Balaban J connectivity index is 1.57. The number of carbonyl (C=O) groups excluding carboxylic acids is 1. The lowest BCUT2D eigenvalue weighted by atomic mass is 10.0. The number of amides is 1. The normalized spacial score (nSPS) is 14.7. The molecule has 0 atom stereocenters. The summed E-state index contributed by atoms with van der Waals surface area (Å²) in [6.07, 6.45) is 4.27. The Bertz CT molecular complexity index is 921. The van der Waals surface area contributed by atoms with E-state index in [2.05, 4.69) is 56.8 Å². The summed E-state index contributed by atoms with van der Waals surface area (Å²) in [7, 11) is 4.07. The summed E-state index contributed by atoms with van der Waals surface area (Å²) in [5, 5.41) is 11.3. The maximum Gasteiger partial charge on any atom is 0.228 e. The van der Waals surface area contributed by atoms with Crippen molar-refractivity contribution in [2.45, 2.75) is 25.7 Å². The first-order chi connectivity index (χ1) is 12.6. The van der Waals surface area contributed by atoms with Crippen LogP contribution in [0.15, 0.2) is 42.5 Å². The number of hydrogen-bond donors (Lipinski definition) is 2. The van der Waals surface area contributed by atoms with Crippen molar-refractivity contribution in [1.29, 1.82) is 0 Å². The average Bonchev–Trinajstić information content (AvgIpc) is 3.32. The third kappa shape index (κ3) is 3.17. The van der Waals surface area contributed by atoms with Gasteiger partial charge < -0.3 is 10.2 Å². The molecule has 0 radical (unpaired) electrons. The first-order valence-corrected chi connectivity index (χ1v) is 9.18. The second kappa shape index (κ2) is 6.83. The molecule has 0 unspecified atom stereocenters. The van der Waals surface area contributed by atoms with Crippen molar-refractivity contribution in [2.75, 3.05) is 24.3 Å². The topological polar surface area (TPSA) is 61.0 Å². The Morgan fingerprint density at radius 2 is 1.77 bits per heavy atom. The zero-order valence-corrected chi connectivity index (χ0v) is 15.2. The van der Waals surface area contributed by atoms with Crippen LogP contribution in [-0.4, -0.2) is 30.2 Å². The molecule has 1 saturated carbocycles. The van der Waals surface area contributed by atoms with Gasteiger partial charge in [-0.15, -0.1) is 0 Å². The monoisotopic (exact) mass is 348 g/mol. The molecule has 1 aliphatic rings. The molecule has 5 nitrogen and oxygen atoms in total. The second-order valence-corrected chi connectivity index (χ2v) is 7.24. The molecule has 26 heavy (non-hydrogen) atoms. The number of H-pyrrole nitrogens is 1. The molecule has 2 N–H and O–H groups in total. The number of fused-ring (bicyclic) bond motifs is 1. The molecule has 3 aromatic rings. The van der Waals surface area contributed by atoms with E-state index < -0.39 is 0 Å². The van der Waals surface area contributed by atoms with Crippen molar-refractivity contribution in [2.24, 2.45) is 5.92 Å². The highest BCUT2D eigenvalue weighted by Crippen LogP contribution is 2.30. The zero-order chi connectivity index (χ0) is 18.1. The molecule has 1 amide bonds. The van der Waals surface area contributed by atoms with Crippen molar-refractivity contribution in [3.8, 4) is 11.1 Å². The lowest BCUT2D eigenvalue weighted by Crippen LogP contribution is -2.20. The molecule has 4 rings (SSSR count).